The van der Waals surface area contributed by atoms with Crippen LogP contribution in [-0.2, 0) is 0 Å². The molecule has 5 aromatic heterocycles. The van der Waals surface area contributed by atoms with Gasteiger partial charge in [0.25, 0.3) is 0 Å². The van der Waals surface area contributed by atoms with Crippen molar-refractivity contribution in [2.24, 2.45) is 0 Å². The minimum Gasteiger partial charge on any atom is -0.386 e. The molecule has 0 saturated carbocycles. The molecule has 0 atom stereocenters. The Hall–Kier alpha value is -1.54. The first-order chi connectivity index (χ1) is 10.2. The van der Waals surface area contributed by atoms with Crippen LogP contribution in [0, 0.1) is 0 Å². The zero-order chi connectivity index (χ0) is 14.1. The average molecular weight is 348 g/mol. The molecular weight excluding hydrogens is 344 g/mol. The predicted octanol–water partition coefficient (Wildman–Crippen LogP) is 4.86. The van der Waals surface area contributed by atoms with Crippen LogP contribution in [0.3, 0.4) is 0 Å². The Bertz CT molecular complexity index is 1180. The van der Waals surface area contributed by atoms with Gasteiger partial charge in [0.05, 0.1) is 29.6 Å². The lowest BCUT2D eigenvalue weighted by Gasteiger charge is -1.81. The third-order valence-corrected chi connectivity index (χ3v) is 7.99. The van der Waals surface area contributed by atoms with E-state index in [1.54, 1.807) is 22.7 Å². The van der Waals surface area contributed by atoms with Crippen molar-refractivity contribution in [2.75, 3.05) is 0 Å². The molecule has 5 heterocycles. The monoisotopic (exact) mass is 348 g/mol. The van der Waals surface area contributed by atoms with Gasteiger partial charge in [-0.15, -0.1) is 45.3 Å². The minimum absolute atomic E-state index is 0.531. The van der Waals surface area contributed by atoms with E-state index in [9.17, 15) is 9.59 Å². The summed E-state index contributed by atoms with van der Waals surface area (Å²) < 4.78 is 10.8. The molecule has 0 aliphatic rings. The van der Waals surface area contributed by atoms with E-state index < -0.39 is 11.3 Å². The highest BCUT2D eigenvalue weighted by atomic mass is 32.1. The maximum atomic E-state index is 12.3. The third kappa shape index (κ3) is 1.46. The van der Waals surface area contributed by atoms with E-state index in [4.69, 9.17) is 4.42 Å². The van der Waals surface area contributed by atoms with Crippen molar-refractivity contribution in [1.29, 1.82) is 0 Å². The summed E-state index contributed by atoms with van der Waals surface area (Å²) in [5.74, 6) is 0. The molecule has 0 bridgehead atoms. The first-order valence-electron chi connectivity index (χ1n) is 6.01. The Kier molecular flexibility index (Phi) is 2.30. The molecule has 0 unspecified atom stereocenters. The Morgan fingerprint density at radius 1 is 0.714 bits per heavy atom. The summed E-state index contributed by atoms with van der Waals surface area (Å²) in [5, 5.41) is 5.00. The summed E-state index contributed by atoms with van der Waals surface area (Å²) in [5.41, 5.74) is -1.06. The van der Waals surface area contributed by atoms with Crippen LogP contribution >= 0.6 is 45.3 Å². The normalized spacial score (nSPS) is 12.2. The Morgan fingerprint density at radius 3 is 1.67 bits per heavy atom. The second kappa shape index (κ2) is 4.01. The number of hydrogen-bond acceptors (Lipinski definition) is 7. The largest absolute Gasteiger partial charge is 0.386 e. The lowest BCUT2D eigenvalue weighted by atomic mass is 10.3. The molecule has 0 aromatic carbocycles. The topological polar surface area (TPSA) is 47.3 Å². The number of fused-ring (bicyclic) bond motifs is 7. The fraction of sp³-hybridized carbons (Fsp3) is 0. The van der Waals surface area contributed by atoms with Crippen molar-refractivity contribution in [3.05, 3.63) is 43.7 Å². The highest BCUT2D eigenvalue weighted by Gasteiger charge is 2.18. The highest BCUT2D eigenvalue weighted by molar-refractivity contribution is 7.38. The quantitative estimate of drug-likeness (QED) is 0.401. The molecule has 0 saturated heterocycles. The molecule has 0 fully saturated rings. The van der Waals surface area contributed by atoms with Crippen LogP contribution in [0.15, 0.2) is 36.9 Å². The van der Waals surface area contributed by atoms with Crippen LogP contribution in [0.1, 0.15) is 0 Å². The third-order valence-electron chi connectivity index (χ3n) is 3.39. The van der Waals surface area contributed by atoms with E-state index in [-0.39, 0.29) is 0 Å². The van der Waals surface area contributed by atoms with Crippen LogP contribution in [0.2, 0.25) is 0 Å². The van der Waals surface area contributed by atoms with Gasteiger partial charge in [0.2, 0.25) is 0 Å². The summed E-state index contributed by atoms with van der Waals surface area (Å²) in [6.07, 6.45) is 0. The first-order valence-corrected chi connectivity index (χ1v) is 9.40. The van der Waals surface area contributed by atoms with Crippen molar-refractivity contribution in [2.45, 2.75) is 0 Å². The second-order valence-corrected chi connectivity index (χ2v) is 8.45. The lowest BCUT2D eigenvalue weighted by molar-refractivity contribution is 0.492. The van der Waals surface area contributed by atoms with Gasteiger partial charge >= 0.3 is 11.3 Å². The van der Waals surface area contributed by atoms with E-state index in [1.807, 2.05) is 22.9 Å². The van der Waals surface area contributed by atoms with Gasteiger partial charge in [-0.2, -0.15) is 0 Å². The molecule has 102 valence electrons. The molecule has 5 rings (SSSR count). The fourth-order valence-corrected chi connectivity index (χ4v) is 7.34. The summed E-state index contributed by atoms with van der Waals surface area (Å²) >= 11 is 6.14. The SMILES string of the molecule is O=c1oc(=O)c2c3sccc3sc2c2sc3ccsc3c12. The highest BCUT2D eigenvalue weighted by Crippen LogP contribution is 2.43. The van der Waals surface area contributed by atoms with Crippen LogP contribution < -0.4 is 11.3 Å². The van der Waals surface area contributed by atoms with E-state index in [0.29, 0.717) is 10.8 Å². The lowest BCUT2D eigenvalue weighted by Crippen LogP contribution is -2.04. The van der Waals surface area contributed by atoms with Crippen molar-refractivity contribution < 1.29 is 4.42 Å². The first kappa shape index (κ1) is 12.0. The standard InChI is InChI=1S/C14H4O3S4/c15-13-7-9-5(1-3-18-9)20-11(7)12-8(14(16)17-13)10-6(21-12)2-4-19-10/h1-4H. The summed E-state index contributed by atoms with van der Waals surface area (Å²) in [7, 11) is 0. The van der Waals surface area contributed by atoms with Gasteiger partial charge in [-0.05, 0) is 22.9 Å². The van der Waals surface area contributed by atoms with Crippen molar-refractivity contribution in [1.82, 2.24) is 0 Å². The maximum absolute atomic E-state index is 12.3. The minimum atomic E-state index is -0.531. The molecule has 21 heavy (non-hydrogen) atoms. The van der Waals surface area contributed by atoms with Crippen molar-refractivity contribution >= 4 is 84.3 Å². The second-order valence-electron chi connectivity index (χ2n) is 4.52. The van der Waals surface area contributed by atoms with Crippen LogP contribution in [0.4, 0.5) is 0 Å². The number of hydrogen-bond donors (Lipinski definition) is 0. The Labute approximate surface area is 132 Å². The molecular formula is C14H4O3S4. The number of rotatable bonds is 0. The molecule has 7 heteroatoms. The van der Waals surface area contributed by atoms with Gasteiger partial charge in [-0.1, -0.05) is 0 Å². The zero-order valence-electron chi connectivity index (χ0n) is 10.2. The van der Waals surface area contributed by atoms with Crippen LogP contribution in [0.25, 0.3) is 39.0 Å². The number of thiophene rings is 4. The molecule has 0 radical (unpaired) electrons. The van der Waals surface area contributed by atoms with Crippen LogP contribution in [-0.4, -0.2) is 0 Å². The molecule has 3 nitrogen and oxygen atoms in total. The maximum Gasteiger partial charge on any atom is 0.349 e. The van der Waals surface area contributed by atoms with Crippen molar-refractivity contribution in [3.63, 3.8) is 0 Å². The van der Waals surface area contributed by atoms with E-state index in [2.05, 4.69) is 0 Å². The van der Waals surface area contributed by atoms with Gasteiger partial charge in [-0.25, -0.2) is 9.59 Å². The van der Waals surface area contributed by atoms with Crippen LogP contribution in [0.5, 0.6) is 0 Å². The Balaban J connectivity index is 2.28. The molecule has 0 spiro atoms. The predicted molar refractivity (Wildman–Crippen MR) is 92.8 cm³/mol. The van der Waals surface area contributed by atoms with E-state index in [1.165, 1.54) is 22.7 Å². The molecule has 0 amide bonds. The van der Waals surface area contributed by atoms with Crippen molar-refractivity contribution in [3.8, 4) is 0 Å². The average Bonchev–Trinajstić information content (AvgIpc) is 3.14. The van der Waals surface area contributed by atoms with Gasteiger partial charge in [0.1, 0.15) is 0 Å². The van der Waals surface area contributed by atoms with E-state index >= 15 is 0 Å². The smallest absolute Gasteiger partial charge is 0.349 e. The molecule has 0 N–H and O–H groups in total. The molecule has 0 aliphatic carbocycles. The summed E-state index contributed by atoms with van der Waals surface area (Å²) in [6.45, 7) is 0. The zero-order valence-corrected chi connectivity index (χ0v) is 13.4. The van der Waals surface area contributed by atoms with E-state index in [0.717, 1.165) is 28.2 Å². The summed E-state index contributed by atoms with van der Waals surface area (Å²) in [4.78, 5) is 24.6. The van der Waals surface area contributed by atoms with Gasteiger partial charge in [-0.3, -0.25) is 0 Å². The van der Waals surface area contributed by atoms with Gasteiger partial charge in [0.15, 0.2) is 0 Å². The van der Waals surface area contributed by atoms with Gasteiger partial charge in [0, 0.05) is 9.40 Å². The molecule has 0 aliphatic heterocycles. The van der Waals surface area contributed by atoms with Gasteiger partial charge < -0.3 is 4.42 Å². The summed E-state index contributed by atoms with van der Waals surface area (Å²) in [6, 6.07) is 4.01. The molecule has 5 aromatic rings. The fourth-order valence-electron chi connectivity index (χ4n) is 2.53. The Morgan fingerprint density at radius 2 is 1.19 bits per heavy atom.